The zero-order valence-corrected chi connectivity index (χ0v) is 17.2. The molecule has 7 heteroatoms. The highest BCUT2D eigenvalue weighted by Crippen LogP contribution is 2.28. The number of hydrogen-bond donors (Lipinski definition) is 3. The molecule has 0 aliphatic heterocycles. The Labute approximate surface area is 163 Å². The lowest BCUT2D eigenvalue weighted by atomic mass is 9.96. The van der Waals surface area contributed by atoms with Gasteiger partial charge in [-0.1, -0.05) is 25.3 Å². The van der Waals surface area contributed by atoms with Gasteiger partial charge in [-0.15, -0.1) is 0 Å². The molecule has 1 saturated carbocycles. The zero-order valence-electron chi connectivity index (χ0n) is 15.6. The molecule has 0 heterocycles. The van der Waals surface area contributed by atoms with Crippen molar-refractivity contribution in [3.8, 4) is 5.75 Å². The van der Waals surface area contributed by atoms with Gasteiger partial charge in [-0.2, -0.15) is 0 Å². The molecule has 0 radical (unpaired) electrons. The Morgan fingerprint density at radius 2 is 1.88 bits per heavy atom. The maximum atomic E-state index is 12.3. The summed E-state index contributed by atoms with van der Waals surface area (Å²) in [6.45, 7) is 3.72. The summed E-state index contributed by atoms with van der Waals surface area (Å²) in [7, 11) is 1.62. The van der Waals surface area contributed by atoms with Crippen molar-refractivity contribution in [2.24, 2.45) is 0 Å². The number of carbonyl (C=O) groups is 2. The molecule has 1 aromatic carbocycles. The van der Waals surface area contributed by atoms with Gasteiger partial charge in [0.25, 0.3) is 0 Å². The second kappa shape index (κ2) is 9.92. The largest absolute Gasteiger partial charge is 0.496 e. The van der Waals surface area contributed by atoms with Crippen molar-refractivity contribution in [3.05, 3.63) is 28.2 Å². The third-order valence-corrected chi connectivity index (χ3v) is 5.37. The third kappa shape index (κ3) is 5.99. The number of nitrogens with one attached hydrogen (secondary N) is 3. The molecule has 0 saturated heterocycles. The van der Waals surface area contributed by atoms with E-state index in [1.54, 1.807) is 14.0 Å². The highest BCUT2D eigenvalue weighted by atomic mass is 79.9. The Morgan fingerprint density at radius 1 is 1.19 bits per heavy atom. The number of halogens is 1. The molecule has 3 amide bonds. The third-order valence-electron chi connectivity index (χ3n) is 4.75. The number of amides is 3. The smallest absolute Gasteiger partial charge is 0.321 e. The van der Waals surface area contributed by atoms with Crippen molar-refractivity contribution >= 4 is 27.9 Å². The molecule has 144 valence electrons. The Bertz CT molecular complexity index is 632. The van der Waals surface area contributed by atoms with Crippen LogP contribution in [0.25, 0.3) is 0 Å². The summed E-state index contributed by atoms with van der Waals surface area (Å²) in [6.07, 6.45) is 5.45. The topological polar surface area (TPSA) is 79.5 Å². The Morgan fingerprint density at radius 3 is 2.50 bits per heavy atom. The van der Waals surface area contributed by atoms with E-state index in [9.17, 15) is 9.59 Å². The second-order valence-electron chi connectivity index (χ2n) is 6.80. The standard InChI is InChI=1S/C19H28BrN3O3/c1-12(14-9-10-17(26-3)16(20)11-14)21-13(2)18(24)23-19(25)22-15-7-5-4-6-8-15/h9-13,15,21H,4-8H2,1-3H3,(H2,22,23,24,25)/t12-,13-/m0/s1. The van der Waals surface area contributed by atoms with Gasteiger partial charge in [0.05, 0.1) is 17.6 Å². The molecule has 6 nitrogen and oxygen atoms in total. The summed E-state index contributed by atoms with van der Waals surface area (Å²) in [6, 6.07) is 4.99. The first kappa shape index (κ1) is 20.7. The number of benzene rings is 1. The van der Waals surface area contributed by atoms with E-state index in [4.69, 9.17) is 4.74 Å². The number of hydrogen-bond acceptors (Lipinski definition) is 4. The predicted octanol–water partition coefficient (Wildman–Crippen LogP) is 3.66. The van der Waals surface area contributed by atoms with Crippen LogP contribution in [0.1, 0.15) is 57.6 Å². The summed E-state index contributed by atoms with van der Waals surface area (Å²) in [4.78, 5) is 24.3. The SMILES string of the molecule is COc1ccc([C@H](C)N[C@@H](C)C(=O)NC(=O)NC2CCCCC2)cc1Br. The van der Waals surface area contributed by atoms with Crippen LogP contribution >= 0.6 is 15.9 Å². The van der Waals surface area contributed by atoms with E-state index < -0.39 is 12.1 Å². The fourth-order valence-electron chi connectivity index (χ4n) is 3.19. The summed E-state index contributed by atoms with van der Waals surface area (Å²) in [5.41, 5.74) is 1.02. The van der Waals surface area contributed by atoms with Gasteiger partial charge in [0.2, 0.25) is 5.91 Å². The number of carbonyl (C=O) groups excluding carboxylic acids is 2. The van der Waals surface area contributed by atoms with E-state index in [1.807, 2.05) is 25.1 Å². The van der Waals surface area contributed by atoms with Crippen molar-refractivity contribution in [3.63, 3.8) is 0 Å². The minimum atomic E-state index is -0.497. The summed E-state index contributed by atoms with van der Waals surface area (Å²) in [5, 5.41) is 8.54. The van der Waals surface area contributed by atoms with Crippen LogP contribution in [-0.2, 0) is 4.79 Å². The van der Waals surface area contributed by atoms with Crippen LogP contribution in [0.2, 0.25) is 0 Å². The first-order valence-corrected chi connectivity index (χ1v) is 9.91. The highest BCUT2D eigenvalue weighted by molar-refractivity contribution is 9.10. The van der Waals surface area contributed by atoms with Gasteiger partial charge in [-0.3, -0.25) is 15.4 Å². The lowest BCUT2D eigenvalue weighted by molar-refractivity contribution is -0.121. The average molecular weight is 426 g/mol. The summed E-state index contributed by atoms with van der Waals surface area (Å²) >= 11 is 3.47. The molecule has 0 spiro atoms. The van der Waals surface area contributed by atoms with E-state index in [-0.39, 0.29) is 18.0 Å². The fraction of sp³-hybridized carbons (Fsp3) is 0.579. The minimum absolute atomic E-state index is 0.0561. The van der Waals surface area contributed by atoms with Gasteiger partial charge < -0.3 is 10.1 Å². The minimum Gasteiger partial charge on any atom is -0.496 e. The number of methoxy groups -OCH3 is 1. The maximum absolute atomic E-state index is 12.3. The van der Waals surface area contributed by atoms with Crippen molar-refractivity contribution < 1.29 is 14.3 Å². The van der Waals surface area contributed by atoms with Crippen LogP contribution < -0.4 is 20.7 Å². The molecule has 0 bridgehead atoms. The summed E-state index contributed by atoms with van der Waals surface area (Å²) in [5.74, 6) is 0.420. The average Bonchev–Trinajstić information content (AvgIpc) is 2.62. The van der Waals surface area contributed by atoms with Crippen LogP contribution in [0.4, 0.5) is 4.79 Å². The zero-order chi connectivity index (χ0) is 19.1. The quantitative estimate of drug-likeness (QED) is 0.649. The van der Waals surface area contributed by atoms with Gasteiger partial charge in [0.1, 0.15) is 5.75 Å². The molecule has 3 N–H and O–H groups in total. The normalized spacial score (nSPS) is 17.2. The molecule has 0 unspecified atom stereocenters. The van der Waals surface area contributed by atoms with E-state index in [1.165, 1.54) is 6.42 Å². The number of imide groups is 1. The van der Waals surface area contributed by atoms with E-state index in [0.717, 1.165) is 41.5 Å². The molecule has 1 aromatic rings. The van der Waals surface area contributed by atoms with Crippen LogP contribution in [0.5, 0.6) is 5.75 Å². The van der Waals surface area contributed by atoms with Crippen molar-refractivity contribution in [2.75, 3.05) is 7.11 Å². The van der Waals surface area contributed by atoms with Crippen molar-refractivity contribution in [2.45, 2.75) is 64.1 Å². The Hall–Kier alpha value is -1.60. The van der Waals surface area contributed by atoms with E-state index in [0.29, 0.717) is 0 Å². The molecular formula is C19H28BrN3O3. The predicted molar refractivity (Wildman–Crippen MR) is 105 cm³/mol. The first-order valence-electron chi connectivity index (χ1n) is 9.11. The molecule has 2 rings (SSSR count). The molecule has 1 aliphatic rings. The molecule has 0 aromatic heterocycles. The monoisotopic (exact) mass is 425 g/mol. The van der Waals surface area contributed by atoms with Crippen LogP contribution in [0.15, 0.2) is 22.7 Å². The fourth-order valence-corrected chi connectivity index (χ4v) is 3.75. The molecule has 1 fully saturated rings. The molecule has 2 atom stereocenters. The lowest BCUT2D eigenvalue weighted by Gasteiger charge is -2.24. The van der Waals surface area contributed by atoms with Gasteiger partial charge in [0, 0.05) is 12.1 Å². The Balaban J connectivity index is 1.83. The van der Waals surface area contributed by atoms with Gasteiger partial charge >= 0.3 is 6.03 Å². The second-order valence-corrected chi connectivity index (χ2v) is 7.66. The molecule has 26 heavy (non-hydrogen) atoms. The summed E-state index contributed by atoms with van der Waals surface area (Å²) < 4.78 is 6.09. The first-order chi connectivity index (χ1) is 12.4. The van der Waals surface area contributed by atoms with Crippen LogP contribution in [0.3, 0.4) is 0 Å². The van der Waals surface area contributed by atoms with Crippen LogP contribution in [-0.4, -0.2) is 31.1 Å². The maximum Gasteiger partial charge on any atom is 0.321 e. The van der Waals surface area contributed by atoms with E-state index in [2.05, 4.69) is 31.9 Å². The number of rotatable bonds is 6. The molecule has 1 aliphatic carbocycles. The van der Waals surface area contributed by atoms with Crippen LogP contribution in [0, 0.1) is 0 Å². The van der Waals surface area contributed by atoms with Crippen molar-refractivity contribution in [1.29, 1.82) is 0 Å². The molecular weight excluding hydrogens is 398 g/mol. The lowest BCUT2D eigenvalue weighted by Crippen LogP contribution is -2.50. The Kier molecular flexibility index (Phi) is 7.90. The van der Waals surface area contributed by atoms with E-state index >= 15 is 0 Å². The highest BCUT2D eigenvalue weighted by Gasteiger charge is 2.21. The van der Waals surface area contributed by atoms with Gasteiger partial charge in [-0.25, -0.2) is 4.79 Å². The number of urea groups is 1. The van der Waals surface area contributed by atoms with Gasteiger partial charge in [-0.05, 0) is 60.3 Å². The number of ether oxygens (including phenoxy) is 1. The van der Waals surface area contributed by atoms with Crippen molar-refractivity contribution in [1.82, 2.24) is 16.0 Å². The van der Waals surface area contributed by atoms with Gasteiger partial charge in [0.15, 0.2) is 0 Å².